The zero-order valence-corrected chi connectivity index (χ0v) is 10.5. The quantitative estimate of drug-likeness (QED) is 0.857. The number of hydrogen-bond acceptors (Lipinski definition) is 4. The van der Waals surface area contributed by atoms with Crippen molar-refractivity contribution in [1.29, 1.82) is 0 Å². The molecule has 1 aromatic rings. The number of pyridine rings is 1. The van der Waals surface area contributed by atoms with Crippen LogP contribution in [0.4, 0.5) is 4.79 Å². The predicted molar refractivity (Wildman–Crippen MR) is 67.3 cm³/mol. The maximum absolute atomic E-state index is 11.7. The molecule has 18 heavy (non-hydrogen) atoms. The van der Waals surface area contributed by atoms with E-state index in [0.29, 0.717) is 19.0 Å². The number of aromatic nitrogens is 1. The Morgan fingerprint density at radius 2 is 2.28 bits per heavy atom. The molecule has 0 aliphatic carbocycles. The van der Waals surface area contributed by atoms with Gasteiger partial charge in [0, 0.05) is 31.1 Å². The van der Waals surface area contributed by atoms with Gasteiger partial charge in [-0.25, -0.2) is 4.79 Å². The molecule has 2 heterocycles. The molecule has 6 heteroatoms. The first-order chi connectivity index (χ1) is 8.63. The van der Waals surface area contributed by atoms with Crippen molar-refractivity contribution in [1.82, 2.24) is 9.88 Å². The van der Waals surface area contributed by atoms with Crippen molar-refractivity contribution in [3.05, 3.63) is 29.6 Å². The lowest BCUT2D eigenvalue weighted by Gasteiger charge is -2.23. The third-order valence-corrected chi connectivity index (χ3v) is 2.85. The van der Waals surface area contributed by atoms with Gasteiger partial charge >= 0.3 is 6.03 Å². The Morgan fingerprint density at radius 3 is 2.89 bits per heavy atom. The van der Waals surface area contributed by atoms with E-state index >= 15 is 0 Å². The number of aliphatic imine (C=N–C) groups is 1. The SMILES string of the molecule is COCCN1C(=O)N=C(N)C1c1ccc(C)nc1. The number of urea groups is 1. The van der Waals surface area contributed by atoms with Crippen molar-refractivity contribution in [2.24, 2.45) is 10.7 Å². The maximum atomic E-state index is 11.7. The van der Waals surface area contributed by atoms with Crippen LogP contribution in [0, 0.1) is 6.92 Å². The number of rotatable bonds is 4. The monoisotopic (exact) mass is 248 g/mol. The minimum atomic E-state index is -0.333. The van der Waals surface area contributed by atoms with E-state index in [-0.39, 0.29) is 12.1 Å². The first-order valence-electron chi connectivity index (χ1n) is 5.69. The van der Waals surface area contributed by atoms with Gasteiger partial charge in [0.2, 0.25) is 0 Å². The van der Waals surface area contributed by atoms with Gasteiger partial charge in [0.15, 0.2) is 0 Å². The molecule has 0 spiro atoms. The molecule has 1 aliphatic rings. The highest BCUT2D eigenvalue weighted by molar-refractivity contribution is 6.03. The van der Waals surface area contributed by atoms with Crippen LogP contribution in [0.5, 0.6) is 0 Å². The summed E-state index contributed by atoms with van der Waals surface area (Å²) in [4.78, 5) is 21.3. The van der Waals surface area contributed by atoms with Crippen LogP contribution < -0.4 is 5.73 Å². The highest BCUT2D eigenvalue weighted by atomic mass is 16.5. The first-order valence-corrected chi connectivity index (χ1v) is 5.69. The van der Waals surface area contributed by atoms with E-state index in [9.17, 15) is 4.79 Å². The number of amides is 2. The second-order valence-electron chi connectivity index (χ2n) is 4.14. The summed E-state index contributed by atoms with van der Waals surface area (Å²) in [5.74, 6) is 0.307. The lowest BCUT2D eigenvalue weighted by atomic mass is 10.1. The molecule has 96 valence electrons. The molecule has 1 aliphatic heterocycles. The fourth-order valence-corrected chi connectivity index (χ4v) is 1.91. The average molecular weight is 248 g/mol. The molecule has 2 rings (SSSR count). The Morgan fingerprint density at radius 1 is 1.50 bits per heavy atom. The number of hydrogen-bond donors (Lipinski definition) is 1. The number of amidine groups is 1. The van der Waals surface area contributed by atoms with E-state index in [2.05, 4.69) is 9.98 Å². The molecule has 0 fully saturated rings. The fraction of sp³-hybridized carbons (Fsp3) is 0.417. The number of ether oxygens (including phenoxy) is 1. The maximum Gasteiger partial charge on any atom is 0.346 e. The summed E-state index contributed by atoms with van der Waals surface area (Å²) in [6.45, 7) is 2.81. The van der Waals surface area contributed by atoms with Gasteiger partial charge in [-0.2, -0.15) is 4.99 Å². The van der Waals surface area contributed by atoms with Gasteiger partial charge in [0.1, 0.15) is 11.9 Å². The van der Waals surface area contributed by atoms with Crippen molar-refractivity contribution in [3.8, 4) is 0 Å². The van der Waals surface area contributed by atoms with Gasteiger partial charge < -0.3 is 15.4 Å². The lowest BCUT2D eigenvalue weighted by molar-refractivity contribution is 0.150. The van der Waals surface area contributed by atoms with E-state index in [1.807, 2.05) is 19.1 Å². The van der Waals surface area contributed by atoms with Crippen LogP contribution in [0.2, 0.25) is 0 Å². The van der Waals surface area contributed by atoms with Crippen LogP contribution in [-0.2, 0) is 4.74 Å². The number of aryl methyl sites for hydroxylation is 1. The Bertz CT molecular complexity index is 469. The van der Waals surface area contributed by atoms with Crippen molar-refractivity contribution in [2.75, 3.05) is 20.3 Å². The molecule has 0 bridgehead atoms. The molecular formula is C12H16N4O2. The molecule has 0 radical (unpaired) electrons. The molecule has 1 unspecified atom stereocenters. The third kappa shape index (κ3) is 2.33. The molecule has 1 atom stereocenters. The number of carbonyl (C=O) groups is 1. The minimum Gasteiger partial charge on any atom is -0.385 e. The van der Waals surface area contributed by atoms with E-state index in [4.69, 9.17) is 10.5 Å². The Hall–Kier alpha value is -1.95. The third-order valence-electron chi connectivity index (χ3n) is 2.85. The normalized spacial score (nSPS) is 19.2. The largest absolute Gasteiger partial charge is 0.385 e. The zero-order valence-electron chi connectivity index (χ0n) is 10.5. The number of nitrogens with two attached hydrogens (primary N) is 1. The molecule has 6 nitrogen and oxygen atoms in total. The molecule has 2 amide bonds. The summed E-state index contributed by atoms with van der Waals surface area (Å²) in [5, 5.41) is 0. The van der Waals surface area contributed by atoms with Crippen molar-refractivity contribution in [2.45, 2.75) is 13.0 Å². The first kappa shape index (κ1) is 12.5. The molecule has 2 N–H and O–H groups in total. The van der Waals surface area contributed by atoms with Gasteiger partial charge in [-0.05, 0) is 13.0 Å². The minimum absolute atomic E-state index is 0.307. The number of nitrogens with zero attached hydrogens (tertiary/aromatic N) is 3. The molecule has 0 saturated carbocycles. The summed E-state index contributed by atoms with van der Waals surface area (Å²) in [6, 6.07) is 3.14. The number of methoxy groups -OCH3 is 1. The van der Waals surface area contributed by atoms with Crippen LogP contribution in [0.3, 0.4) is 0 Å². The van der Waals surface area contributed by atoms with Crippen molar-refractivity contribution >= 4 is 11.9 Å². The highest BCUT2D eigenvalue weighted by Gasteiger charge is 2.34. The Balaban J connectivity index is 2.25. The predicted octanol–water partition coefficient (Wildman–Crippen LogP) is 0.870. The van der Waals surface area contributed by atoms with E-state index < -0.39 is 0 Å². The summed E-state index contributed by atoms with van der Waals surface area (Å²) in [5.41, 5.74) is 7.60. The smallest absolute Gasteiger partial charge is 0.346 e. The van der Waals surface area contributed by atoms with Gasteiger partial charge in [-0.3, -0.25) is 4.98 Å². The van der Waals surface area contributed by atoms with Crippen LogP contribution in [0.1, 0.15) is 17.3 Å². The Labute approximate surface area is 105 Å². The second-order valence-corrected chi connectivity index (χ2v) is 4.14. The summed E-state index contributed by atoms with van der Waals surface area (Å²) < 4.78 is 4.99. The van der Waals surface area contributed by atoms with Crippen LogP contribution in [-0.4, -0.2) is 42.0 Å². The van der Waals surface area contributed by atoms with E-state index in [1.165, 1.54) is 0 Å². The summed E-state index contributed by atoms with van der Waals surface area (Å²) >= 11 is 0. The van der Waals surface area contributed by atoms with Crippen LogP contribution in [0.25, 0.3) is 0 Å². The van der Waals surface area contributed by atoms with Crippen LogP contribution >= 0.6 is 0 Å². The highest BCUT2D eigenvalue weighted by Crippen LogP contribution is 2.26. The van der Waals surface area contributed by atoms with Gasteiger partial charge in [0.25, 0.3) is 0 Å². The average Bonchev–Trinajstić information content (AvgIpc) is 2.62. The molecule has 0 saturated heterocycles. The summed E-state index contributed by atoms with van der Waals surface area (Å²) in [6.07, 6.45) is 1.72. The fourth-order valence-electron chi connectivity index (χ4n) is 1.91. The second kappa shape index (κ2) is 5.14. The van der Waals surface area contributed by atoms with E-state index in [1.54, 1.807) is 18.2 Å². The van der Waals surface area contributed by atoms with Gasteiger partial charge in [-0.15, -0.1) is 0 Å². The lowest BCUT2D eigenvalue weighted by Crippen LogP contribution is -2.35. The van der Waals surface area contributed by atoms with Crippen LogP contribution in [0.15, 0.2) is 23.3 Å². The van der Waals surface area contributed by atoms with Gasteiger partial charge in [0.05, 0.1) is 6.61 Å². The molecule has 0 aromatic carbocycles. The standard InChI is InChI=1S/C12H16N4O2/c1-8-3-4-9(7-14-8)10-11(13)15-12(17)16(10)5-6-18-2/h3-4,7,10H,5-6H2,1-2H3,(H2,13,15,17). The zero-order chi connectivity index (χ0) is 13.1. The Kier molecular flexibility index (Phi) is 3.57. The van der Waals surface area contributed by atoms with Crippen molar-refractivity contribution < 1.29 is 9.53 Å². The van der Waals surface area contributed by atoms with E-state index in [0.717, 1.165) is 11.3 Å². The summed E-state index contributed by atoms with van der Waals surface area (Å²) in [7, 11) is 1.59. The molecular weight excluding hydrogens is 232 g/mol. The van der Waals surface area contributed by atoms with Crippen molar-refractivity contribution in [3.63, 3.8) is 0 Å². The van der Waals surface area contributed by atoms with Gasteiger partial charge in [-0.1, -0.05) is 6.07 Å². The topological polar surface area (TPSA) is 80.8 Å². The number of carbonyl (C=O) groups excluding carboxylic acids is 1. The molecule has 1 aromatic heterocycles.